The van der Waals surface area contributed by atoms with E-state index in [4.69, 9.17) is 11.6 Å². The lowest BCUT2D eigenvalue weighted by Gasteiger charge is -2.27. The van der Waals surface area contributed by atoms with Crippen molar-refractivity contribution in [1.29, 1.82) is 0 Å². The predicted molar refractivity (Wildman–Crippen MR) is 124 cm³/mol. The number of nitrogens with zero attached hydrogens (tertiary/aromatic N) is 5. The molecule has 32 heavy (non-hydrogen) atoms. The summed E-state index contributed by atoms with van der Waals surface area (Å²) in [4.78, 5) is 27.9. The molecule has 4 heterocycles. The standard InChI is InChI=1S/C23H22ClN7O/c1-15-14-31-20(16-4-6-25-7-5-16)13-27-22(31)21(28-15)29-17-2-3-18(19(24)12-17)23(32)30-10-8-26-9-11-30/h2-7,12-14,26H,8-11H2,1H3,(H,28,29). The summed E-state index contributed by atoms with van der Waals surface area (Å²) in [6.07, 6.45) is 7.28. The highest BCUT2D eigenvalue weighted by molar-refractivity contribution is 6.34. The molecule has 1 aliphatic rings. The number of fused-ring (bicyclic) bond motifs is 1. The van der Waals surface area contributed by atoms with E-state index in [2.05, 4.69) is 25.6 Å². The first-order valence-electron chi connectivity index (χ1n) is 10.4. The van der Waals surface area contributed by atoms with Gasteiger partial charge in [0.05, 0.1) is 28.2 Å². The number of amides is 1. The first-order chi connectivity index (χ1) is 15.6. The Labute approximate surface area is 190 Å². The van der Waals surface area contributed by atoms with E-state index >= 15 is 0 Å². The van der Waals surface area contributed by atoms with Crippen LogP contribution in [0.3, 0.4) is 0 Å². The van der Waals surface area contributed by atoms with E-state index in [0.717, 1.165) is 35.7 Å². The zero-order valence-corrected chi connectivity index (χ0v) is 18.3. The molecule has 8 nitrogen and oxygen atoms in total. The summed E-state index contributed by atoms with van der Waals surface area (Å²) in [7, 11) is 0. The molecule has 1 aromatic carbocycles. The van der Waals surface area contributed by atoms with Crippen LogP contribution in [0.2, 0.25) is 5.02 Å². The predicted octanol–water partition coefficient (Wildman–Crippen LogP) is 3.54. The number of rotatable bonds is 4. The molecule has 1 aliphatic heterocycles. The largest absolute Gasteiger partial charge is 0.337 e. The minimum absolute atomic E-state index is 0.0469. The Kier molecular flexibility index (Phi) is 5.46. The smallest absolute Gasteiger partial charge is 0.255 e. The molecule has 0 atom stereocenters. The summed E-state index contributed by atoms with van der Waals surface area (Å²) in [5.74, 6) is 0.567. The van der Waals surface area contributed by atoms with Crippen LogP contribution in [0.25, 0.3) is 16.9 Å². The number of pyridine rings is 1. The average molecular weight is 448 g/mol. The lowest BCUT2D eigenvalue weighted by Crippen LogP contribution is -2.46. The molecule has 5 rings (SSSR count). The molecule has 1 fully saturated rings. The van der Waals surface area contributed by atoms with Gasteiger partial charge in [0.1, 0.15) is 0 Å². The average Bonchev–Trinajstić information content (AvgIpc) is 3.24. The fourth-order valence-electron chi connectivity index (χ4n) is 3.87. The minimum atomic E-state index is -0.0469. The number of nitrogens with one attached hydrogen (secondary N) is 2. The maximum absolute atomic E-state index is 12.8. The maximum atomic E-state index is 12.8. The molecule has 0 radical (unpaired) electrons. The molecule has 0 saturated carbocycles. The van der Waals surface area contributed by atoms with Crippen LogP contribution >= 0.6 is 11.6 Å². The van der Waals surface area contributed by atoms with Crippen LogP contribution in [0.5, 0.6) is 0 Å². The Balaban J connectivity index is 1.45. The summed E-state index contributed by atoms with van der Waals surface area (Å²) in [5, 5.41) is 6.97. The SMILES string of the molecule is Cc1cn2c(-c3ccncc3)cnc2c(Nc2ccc(C(=O)N3CCNCC3)c(Cl)c2)n1. The van der Waals surface area contributed by atoms with Crippen LogP contribution in [0.15, 0.2) is 55.1 Å². The lowest BCUT2D eigenvalue weighted by molar-refractivity contribution is 0.0736. The molecule has 0 aliphatic carbocycles. The molecule has 0 unspecified atom stereocenters. The van der Waals surface area contributed by atoms with E-state index in [0.29, 0.717) is 35.1 Å². The van der Waals surface area contributed by atoms with Crippen molar-refractivity contribution >= 4 is 34.7 Å². The Morgan fingerprint density at radius 2 is 1.94 bits per heavy atom. The highest BCUT2D eigenvalue weighted by Crippen LogP contribution is 2.28. The first-order valence-corrected chi connectivity index (χ1v) is 10.8. The van der Waals surface area contributed by atoms with Crippen molar-refractivity contribution in [3.05, 3.63) is 71.4 Å². The number of imidazole rings is 1. The quantitative estimate of drug-likeness (QED) is 0.497. The molecule has 4 aromatic rings. The van der Waals surface area contributed by atoms with Crippen molar-refractivity contribution in [3.8, 4) is 11.3 Å². The molecular formula is C23H22ClN7O. The van der Waals surface area contributed by atoms with Crippen LogP contribution < -0.4 is 10.6 Å². The summed E-state index contributed by atoms with van der Waals surface area (Å²) in [6, 6.07) is 9.25. The van der Waals surface area contributed by atoms with Gasteiger partial charge < -0.3 is 15.5 Å². The van der Waals surface area contributed by atoms with Gasteiger partial charge in [-0.25, -0.2) is 9.97 Å². The topological polar surface area (TPSA) is 87.5 Å². The van der Waals surface area contributed by atoms with Crippen molar-refractivity contribution in [2.24, 2.45) is 0 Å². The number of carbonyl (C=O) groups excluding carboxylic acids is 1. The van der Waals surface area contributed by atoms with Gasteiger partial charge in [-0.05, 0) is 37.3 Å². The monoisotopic (exact) mass is 447 g/mol. The number of aromatic nitrogens is 4. The molecular weight excluding hydrogens is 426 g/mol. The van der Waals surface area contributed by atoms with Crippen LogP contribution in [0, 0.1) is 6.92 Å². The van der Waals surface area contributed by atoms with E-state index in [-0.39, 0.29) is 5.91 Å². The van der Waals surface area contributed by atoms with Gasteiger partial charge in [0.15, 0.2) is 11.5 Å². The summed E-state index contributed by atoms with van der Waals surface area (Å²) in [6.45, 7) is 4.89. The minimum Gasteiger partial charge on any atom is -0.337 e. The highest BCUT2D eigenvalue weighted by atomic mass is 35.5. The van der Waals surface area contributed by atoms with Crippen LogP contribution in [0.1, 0.15) is 16.1 Å². The van der Waals surface area contributed by atoms with Crippen LogP contribution in [0.4, 0.5) is 11.5 Å². The van der Waals surface area contributed by atoms with Gasteiger partial charge >= 0.3 is 0 Å². The first kappa shape index (κ1) is 20.4. The zero-order chi connectivity index (χ0) is 22.1. The van der Waals surface area contributed by atoms with Crippen molar-refractivity contribution in [2.45, 2.75) is 6.92 Å². The normalized spacial score (nSPS) is 14.0. The van der Waals surface area contributed by atoms with Gasteiger partial charge in [-0.2, -0.15) is 0 Å². The number of aryl methyl sites for hydroxylation is 1. The van der Waals surface area contributed by atoms with Crippen molar-refractivity contribution in [1.82, 2.24) is 29.6 Å². The summed E-state index contributed by atoms with van der Waals surface area (Å²) >= 11 is 6.49. The van der Waals surface area contributed by atoms with Crippen molar-refractivity contribution < 1.29 is 4.79 Å². The fourth-order valence-corrected chi connectivity index (χ4v) is 4.13. The van der Waals surface area contributed by atoms with Crippen molar-refractivity contribution in [2.75, 3.05) is 31.5 Å². The molecule has 1 saturated heterocycles. The second kappa shape index (κ2) is 8.57. The molecule has 9 heteroatoms. The van der Waals surface area contributed by atoms with Crippen LogP contribution in [-0.4, -0.2) is 56.3 Å². The number of piperazine rings is 1. The Bertz CT molecular complexity index is 1280. The van der Waals surface area contributed by atoms with Crippen molar-refractivity contribution in [3.63, 3.8) is 0 Å². The van der Waals surface area contributed by atoms with E-state index in [1.165, 1.54) is 0 Å². The van der Waals surface area contributed by atoms with Gasteiger partial charge in [0.2, 0.25) is 0 Å². The van der Waals surface area contributed by atoms with Gasteiger partial charge in [0, 0.05) is 56.0 Å². The molecule has 3 aromatic heterocycles. The Morgan fingerprint density at radius 1 is 1.16 bits per heavy atom. The molecule has 0 bridgehead atoms. The summed E-state index contributed by atoms with van der Waals surface area (Å²) in [5.41, 5.74) is 4.74. The third kappa shape index (κ3) is 3.90. The van der Waals surface area contributed by atoms with E-state index in [1.54, 1.807) is 24.5 Å². The van der Waals surface area contributed by atoms with E-state index in [9.17, 15) is 4.79 Å². The third-order valence-corrected chi connectivity index (χ3v) is 5.77. The highest BCUT2D eigenvalue weighted by Gasteiger charge is 2.20. The molecule has 0 spiro atoms. The van der Waals surface area contributed by atoms with Gasteiger partial charge in [-0.15, -0.1) is 0 Å². The molecule has 2 N–H and O–H groups in total. The number of hydrogen-bond donors (Lipinski definition) is 2. The van der Waals surface area contributed by atoms with Gasteiger partial charge in [-0.1, -0.05) is 11.6 Å². The van der Waals surface area contributed by atoms with Gasteiger partial charge in [0.25, 0.3) is 5.91 Å². The lowest BCUT2D eigenvalue weighted by atomic mass is 10.1. The second-order valence-electron chi connectivity index (χ2n) is 7.67. The number of hydrogen-bond acceptors (Lipinski definition) is 6. The summed E-state index contributed by atoms with van der Waals surface area (Å²) < 4.78 is 2.00. The number of carbonyl (C=O) groups is 1. The van der Waals surface area contributed by atoms with Gasteiger partial charge in [-0.3, -0.25) is 14.2 Å². The second-order valence-corrected chi connectivity index (χ2v) is 8.07. The molecule has 1 amide bonds. The van der Waals surface area contributed by atoms with Crippen LogP contribution in [-0.2, 0) is 0 Å². The molecule has 162 valence electrons. The number of halogens is 1. The van der Waals surface area contributed by atoms with E-state index < -0.39 is 0 Å². The van der Waals surface area contributed by atoms with E-state index in [1.807, 2.05) is 46.8 Å². The number of anilines is 2. The number of benzene rings is 1. The Hall–Kier alpha value is -3.49. The fraction of sp³-hybridized carbons (Fsp3) is 0.217. The zero-order valence-electron chi connectivity index (χ0n) is 17.5. The Morgan fingerprint density at radius 3 is 2.69 bits per heavy atom. The third-order valence-electron chi connectivity index (χ3n) is 5.46. The maximum Gasteiger partial charge on any atom is 0.255 e.